The molecule has 7 heteroatoms. The number of hydrogen-bond donors (Lipinski definition) is 0. The van der Waals surface area contributed by atoms with E-state index in [1.54, 1.807) is 24.3 Å². The van der Waals surface area contributed by atoms with Crippen molar-refractivity contribution in [3.05, 3.63) is 64.5 Å². The Bertz CT molecular complexity index is 1020. The summed E-state index contributed by atoms with van der Waals surface area (Å²) in [6.45, 7) is 0.732. The number of benzene rings is 2. The van der Waals surface area contributed by atoms with Crippen molar-refractivity contribution in [3.63, 3.8) is 0 Å². The van der Waals surface area contributed by atoms with Crippen LogP contribution in [0.3, 0.4) is 0 Å². The van der Waals surface area contributed by atoms with Crippen molar-refractivity contribution in [2.24, 2.45) is 0 Å². The zero-order valence-corrected chi connectivity index (χ0v) is 14.6. The lowest BCUT2D eigenvalue weighted by Gasteiger charge is -2.15. The summed E-state index contributed by atoms with van der Waals surface area (Å²) in [7, 11) is 0. The highest BCUT2D eigenvalue weighted by Gasteiger charge is 2.20. The van der Waals surface area contributed by atoms with Gasteiger partial charge in [0.05, 0.1) is 22.7 Å². The van der Waals surface area contributed by atoms with Crippen LogP contribution in [0, 0.1) is 11.6 Å². The number of ether oxygens (including phenoxy) is 1. The second kappa shape index (κ2) is 7.17. The number of fused-ring (bicyclic) bond motifs is 1. The van der Waals surface area contributed by atoms with Crippen molar-refractivity contribution in [2.75, 3.05) is 12.4 Å². The van der Waals surface area contributed by atoms with Gasteiger partial charge < -0.3 is 4.74 Å². The average Bonchev–Trinajstić information content (AvgIpc) is 3.15. The Labute approximate surface area is 152 Å². The lowest BCUT2D eigenvalue weighted by Crippen LogP contribution is -2.23. The molecular weight excluding hydrogens is 358 g/mol. The van der Waals surface area contributed by atoms with Crippen molar-refractivity contribution >= 4 is 22.7 Å². The van der Waals surface area contributed by atoms with Crippen molar-refractivity contribution < 1.29 is 13.5 Å². The third-order valence-electron chi connectivity index (χ3n) is 4.32. The summed E-state index contributed by atoms with van der Waals surface area (Å²) < 4.78 is 34.5. The molecule has 26 heavy (non-hydrogen) atoms. The lowest BCUT2D eigenvalue weighted by atomic mass is 10.2. The van der Waals surface area contributed by atoms with E-state index in [4.69, 9.17) is 4.74 Å². The molecule has 0 unspecified atom stereocenters. The Morgan fingerprint density at radius 2 is 2.08 bits per heavy atom. The van der Waals surface area contributed by atoms with Gasteiger partial charge in [-0.1, -0.05) is 23.9 Å². The topological polar surface area (TPSA) is 44.1 Å². The first-order valence-electron chi connectivity index (χ1n) is 8.35. The summed E-state index contributed by atoms with van der Waals surface area (Å²) in [6.07, 6.45) is 2.06. The highest BCUT2D eigenvalue weighted by molar-refractivity contribution is 7.99. The quantitative estimate of drug-likeness (QED) is 0.513. The fourth-order valence-electron chi connectivity index (χ4n) is 3.03. The Morgan fingerprint density at radius 3 is 2.85 bits per heavy atom. The Hall–Kier alpha value is -2.25. The fourth-order valence-corrected chi connectivity index (χ4v) is 4.10. The second-order valence-corrected chi connectivity index (χ2v) is 7.08. The first-order valence-corrected chi connectivity index (χ1v) is 9.33. The standard InChI is InChI=1S/C19H16F2N2O2S/c20-12-7-8-17(15(21)10-12)23-18(24)14-5-1-2-6-16(14)22-19(23)26-11-13-4-3-9-25-13/h1-2,5-8,10,13H,3-4,9,11H2/t13-/m0/s1. The van der Waals surface area contributed by atoms with E-state index in [0.717, 1.165) is 31.6 Å². The molecule has 4 nitrogen and oxygen atoms in total. The van der Waals surface area contributed by atoms with E-state index in [2.05, 4.69) is 4.98 Å². The summed E-state index contributed by atoms with van der Waals surface area (Å²) in [5.41, 5.74) is 0.159. The maximum Gasteiger partial charge on any atom is 0.266 e. The molecule has 2 heterocycles. The molecule has 134 valence electrons. The van der Waals surface area contributed by atoms with E-state index in [1.807, 2.05) is 0 Å². The molecule has 0 spiro atoms. The molecule has 0 N–H and O–H groups in total. The van der Waals surface area contributed by atoms with Gasteiger partial charge in [-0.05, 0) is 37.1 Å². The average molecular weight is 374 g/mol. The van der Waals surface area contributed by atoms with Crippen LogP contribution in [0.2, 0.25) is 0 Å². The number of rotatable bonds is 4. The van der Waals surface area contributed by atoms with Gasteiger partial charge in [0.1, 0.15) is 11.6 Å². The molecule has 3 aromatic rings. The molecule has 0 bridgehead atoms. The Kier molecular flexibility index (Phi) is 4.74. The number of para-hydroxylation sites is 1. The number of aromatic nitrogens is 2. The maximum atomic E-state index is 14.4. The molecule has 1 atom stereocenters. The van der Waals surface area contributed by atoms with Crippen LogP contribution in [-0.4, -0.2) is 28.0 Å². The van der Waals surface area contributed by atoms with E-state index >= 15 is 0 Å². The molecule has 1 saturated heterocycles. The van der Waals surface area contributed by atoms with Gasteiger partial charge in [-0.3, -0.25) is 9.36 Å². The molecule has 1 aromatic heterocycles. The van der Waals surface area contributed by atoms with Gasteiger partial charge in [0, 0.05) is 18.4 Å². The van der Waals surface area contributed by atoms with Gasteiger partial charge in [0.25, 0.3) is 5.56 Å². The van der Waals surface area contributed by atoms with Crippen LogP contribution in [0.1, 0.15) is 12.8 Å². The summed E-state index contributed by atoms with van der Waals surface area (Å²) in [6, 6.07) is 10.1. The first kappa shape index (κ1) is 17.2. The Balaban J connectivity index is 1.85. The van der Waals surface area contributed by atoms with Gasteiger partial charge in [-0.25, -0.2) is 13.8 Å². The minimum atomic E-state index is -0.803. The van der Waals surface area contributed by atoms with Crippen LogP contribution in [0.4, 0.5) is 8.78 Å². The number of thioether (sulfide) groups is 1. The highest BCUT2D eigenvalue weighted by atomic mass is 32.2. The molecule has 1 fully saturated rings. The molecular formula is C19H16F2N2O2S. The molecule has 1 aliphatic rings. The highest BCUT2D eigenvalue weighted by Crippen LogP contribution is 2.26. The van der Waals surface area contributed by atoms with Crippen LogP contribution in [-0.2, 0) is 4.74 Å². The molecule has 0 aliphatic carbocycles. The zero-order valence-electron chi connectivity index (χ0n) is 13.8. The second-order valence-electron chi connectivity index (χ2n) is 6.09. The molecule has 0 radical (unpaired) electrons. The normalized spacial score (nSPS) is 17.1. The molecule has 4 rings (SSSR count). The van der Waals surface area contributed by atoms with Crippen LogP contribution < -0.4 is 5.56 Å². The number of nitrogens with zero attached hydrogens (tertiary/aromatic N) is 2. The first-order chi connectivity index (χ1) is 12.6. The fraction of sp³-hybridized carbons (Fsp3) is 0.263. The smallest absolute Gasteiger partial charge is 0.266 e. The van der Waals surface area contributed by atoms with Crippen molar-refractivity contribution in [1.29, 1.82) is 0 Å². The monoisotopic (exact) mass is 374 g/mol. The third kappa shape index (κ3) is 3.24. The molecule has 0 saturated carbocycles. The summed E-state index contributed by atoms with van der Waals surface area (Å²) in [5.74, 6) is -0.877. The van der Waals surface area contributed by atoms with Gasteiger partial charge in [-0.15, -0.1) is 0 Å². The predicted octanol–water partition coefficient (Wildman–Crippen LogP) is 3.94. The van der Waals surface area contributed by atoms with Gasteiger partial charge in [0.2, 0.25) is 0 Å². The lowest BCUT2D eigenvalue weighted by molar-refractivity contribution is 0.129. The van der Waals surface area contributed by atoms with Crippen LogP contribution in [0.25, 0.3) is 16.6 Å². The van der Waals surface area contributed by atoms with Crippen LogP contribution in [0.5, 0.6) is 0 Å². The minimum Gasteiger partial charge on any atom is -0.377 e. The van der Waals surface area contributed by atoms with E-state index in [9.17, 15) is 13.6 Å². The van der Waals surface area contributed by atoms with E-state index < -0.39 is 11.6 Å². The summed E-state index contributed by atoms with van der Waals surface area (Å²) >= 11 is 1.35. The Morgan fingerprint density at radius 1 is 1.23 bits per heavy atom. The van der Waals surface area contributed by atoms with Gasteiger partial charge in [0.15, 0.2) is 5.16 Å². The largest absolute Gasteiger partial charge is 0.377 e. The van der Waals surface area contributed by atoms with Crippen molar-refractivity contribution in [3.8, 4) is 5.69 Å². The molecule has 2 aromatic carbocycles. The van der Waals surface area contributed by atoms with E-state index in [1.165, 1.54) is 22.4 Å². The summed E-state index contributed by atoms with van der Waals surface area (Å²) in [5, 5.41) is 0.757. The minimum absolute atomic E-state index is 0.00973. The molecule has 1 aliphatic heterocycles. The zero-order chi connectivity index (χ0) is 18.1. The van der Waals surface area contributed by atoms with Crippen molar-refractivity contribution in [2.45, 2.75) is 24.1 Å². The van der Waals surface area contributed by atoms with E-state index in [-0.39, 0.29) is 17.4 Å². The number of hydrogen-bond acceptors (Lipinski definition) is 4. The van der Waals surface area contributed by atoms with Gasteiger partial charge >= 0.3 is 0 Å². The third-order valence-corrected chi connectivity index (χ3v) is 5.39. The predicted molar refractivity (Wildman–Crippen MR) is 97.0 cm³/mol. The maximum absolute atomic E-state index is 14.4. The summed E-state index contributed by atoms with van der Waals surface area (Å²) in [4.78, 5) is 17.5. The van der Waals surface area contributed by atoms with E-state index in [0.29, 0.717) is 21.8 Å². The number of halogens is 2. The van der Waals surface area contributed by atoms with Crippen LogP contribution in [0.15, 0.2) is 52.4 Å². The SMILES string of the molecule is O=c1c2ccccc2nc(SC[C@@H]2CCCO2)n1-c1ccc(F)cc1F. The molecule has 0 amide bonds. The van der Waals surface area contributed by atoms with Gasteiger partial charge in [-0.2, -0.15) is 0 Å². The van der Waals surface area contributed by atoms with Crippen molar-refractivity contribution in [1.82, 2.24) is 9.55 Å². The van der Waals surface area contributed by atoms with Crippen LogP contribution >= 0.6 is 11.8 Å².